The van der Waals surface area contributed by atoms with Gasteiger partial charge in [0, 0.05) is 11.4 Å². The number of fused-ring (bicyclic) bond motifs is 1. The largest absolute Gasteiger partial charge is 0.315 e. The summed E-state index contributed by atoms with van der Waals surface area (Å²) < 4.78 is 0. The molecule has 0 fully saturated rings. The van der Waals surface area contributed by atoms with Crippen molar-refractivity contribution in [3.8, 4) is 6.07 Å². The summed E-state index contributed by atoms with van der Waals surface area (Å²) in [5.41, 5.74) is 4.25. The minimum Gasteiger partial charge on any atom is -0.315 e. The highest BCUT2D eigenvalue weighted by molar-refractivity contribution is 7.16. The number of rotatable bonds is 5. The van der Waals surface area contributed by atoms with Gasteiger partial charge in [-0.3, -0.25) is 9.69 Å². The Morgan fingerprint density at radius 2 is 2.00 bits per heavy atom. The molecule has 0 saturated carbocycles. The maximum atomic E-state index is 12.4. The molecule has 1 amide bonds. The highest BCUT2D eigenvalue weighted by atomic mass is 32.1. The van der Waals surface area contributed by atoms with Crippen LogP contribution in [0.25, 0.3) is 0 Å². The van der Waals surface area contributed by atoms with Gasteiger partial charge in [0.2, 0.25) is 5.91 Å². The van der Waals surface area contributed by atoms with Gasteiger partial charge in [-0.05, 0) is 50.8 Å². The Balaban J connectivity index is 1.62. The van der Waals surface area contributed by atoms with E-state index in [1.165, 1.54) is 22.4 Å². The van der Waals surface area contributed by atoms with Crippen LogP contribution in [0.1, 0.15) is 40.0 Å². The first-order chi connectivity index (χ1) is 12.1. The van der Waals surface area contributed by atoms with E-state index in [0.717, 1.165) is 36.4 Å². The number of likely N-dealkylation sites (N-methyl/N-ethyl adjacent to an activating group) is 1. The molecule has 130 valence electrons. The molecule has 0 unspecified atom stereocenters. The number of nitriles is 1. The van der Waals surface area contributed by atoms with Crippen LogP contribution < -0.4 is 5.32 Å². The monoisotopic (exact) mass is 353 g/mol. The molecule has 1 aromatic heterocycles. The number of aryl methyl sites for hydroxylation is 2. The van der Waals surface area contributed by atoms with Crippen molar-refractivity contribution in [2.75, 3.05) is 18.9 Å². The van der Waals surface area contributed by atoms with E-state index in [4.69, 9.17) is 0 Å². The Labute approximate surface area is 153 Å². The summed E-state index contributed by atoms with van der Waals surface area (Å²) in [4.78, 5) is 15.6. The van der Waals surface area contributed by atoms with E-state index in [1.807, 2.05) is 11.9 Å². The molecule has 1 aliphatic carbocycles. The summed E-state index contributed by atoms with van der Waals surface area (Å²) in [6.45, 7) is 3.09. The number of benzene rings is 1. The molecule has 1 N–H and O–H groups in total. The number of carbonyl (C=O) groups excluding carboxylic acids is 1. The van der Waals surface area contributed by atoms with E-state index in [2.05, 4.69) is 42.6 Å². The van der Waals surface area contributed by atoms with Gasteiger partial charge in [0.05, 0.1) is 12.1 Å². The van der Waals surface area contributed by atoms with Gasteiger partial charge < -0.3 is 5.32 Å². The molecule has 3 rings (SSSR count). The molecular formula is C20H23N3OS. The van der Waals surface area contributed by atoms with Gasteiger partial charge in [-0.15, -0.1) is 11.3 Å². The van der Waals surface area contributed by atoms with Crippen molar-refractivity contribution in [1.29, 1.82) is 5.26 Å². The molecule has 1 aromatic carbocycles. The van der Waals surface area contributed by atoms with Gasteiger partial charge in [0.15, 0.2) is 0 Å². The lowest BCUT2D eigenvalue weighted by Gasteiger charge is -2.16. The first kappa shape index (κ1) is 17.7. The first-order valence-electron chi connectivity index (χ1n) is 8.65. The summed E-state index contributed by atoms with van der Waals surface area (Å²) >= 11 is 1.57. The molecule has 1 heterocycles. The molecule has 0 saturated heterocycles. The van der Waals surface area contributed by atoms with Crippen LogP contribution in [0.3, 0.4) is 0 Å². The zero-order valence-corrected chi connectivity index (χ0v) is 15.6. The second kappa shape index (κ2) is 7.81. The molecule has 25 heavy (non-hydrogen) atoms. The summed E-state index contributed by atoms with van der Waals surface area (Å²) in [7, 11) is 1.93. The number of carbonyl (C=O) groups is 1. The fourth-order valence-corrected chi connectivity index (χ4v) is 4.50. The molecule has 0 atom stereocenters. The zero-order valence-electron chi connectivity index (χ0n) is 14.8. The fraction of sp³-hybridized carbons (Fsp3) is 0.400. The minimum atomic E-state index is -0.0651. The van der Waals surface area contributed by atoms with Gasteiger partial charge in [0.1, 0.15) is 11.1 Å². The third-order valence-electron chi connectivity index (χ3n) is 4.52. The quantitative estimate of drug-likeness (QED) is 0.887. The van der Waals surface area contributed by atoms with Crippen LogP contribution >= 0.6 is 11.3 Å². The normalized spacial score (nSPS) is 13.4. The van der Waals surface area contributed by atoms with Crippen molar-refractivity contribution in [3.05, 3.63) is 51.4 Å². The average Bonchev–Trinajstić information content (AvgIpc) is 2.93. The fourth-order valence-electron chi connectivity index (χ4n) is 3.24. The van der Waals surface area contributed by atoms with Crippen molar-refractivity contribution in [2.45, 2.75) is 39.2 Å². The molecule has 2 aromatic rings. The summed E-state index contributed by atoms with van der Waals surface area (Å²) in [6, 6.07) is 10.6. The van der Waals surface area contributed by atoms with Crippen molar-refractivity contribution < 1.29 is 4.79 Å². The van der Waals surface area contributed by atoms with Crippen LogP contribution in [-0.4, -0.2) is 24.4 Å². The predicted octanol–water partition coefficient (Wildman–Crippen LogP) is 3.88. The van der Waals surface area contributed by atoms with Gasteiger partial charge >= 0.3 is 0 Å². The number of hydrogen-bond donors (Lipinski definition) is 1. The van der Waals surface area contributed by atoms with Crippen molar-refractivity contribution in [1.82, 2.24) is 4.90 Å². The Kier molecular flexibility index (Phi) is 5.52. The van der Waals surface area contributed by atoms with Gasteiger partial charge in [0.25, 0.3) is 0 Å². The Morgan fingerprint density at radius 3 is 2.72 bits per heavy atom. The van der Waals surface area contributed by atoms with E-state index >= 15 is 0 Å². The second-order valence-electron chi connectivity index (χ2n) is 6.73. The second-order valence-corrected chi connectivity index (χ2v) is 7.84. The van der Waals surface area contributed by atoms with E-state index in [-0.39, 0.29) is 5.91 Å². The zero-order chi connectivity index (χ0) is 17.8. The van der Waals surface area contributed by atoms with Crippen molar-refractivity contribution in [3.63, 3.8) is 0 Å². The average molecular weight is 353 g/mol. The molecule has 0 bridgehead atoms. The summed E-state index contributed by atoms with van der Waals surface area (Å²) in [5, 5.41) is 13.2. The van der Waals surface area contributed by atoms with Gasteiger partial charge in [-0.2, -0.15) is 5.26 Å². The Bertz CT molecular complexity index is 802. The Morgan fingerprint density at radius 1 is 1.28 bits per heavy atom. The lowest BCUT2D eigenvalue weighted by atomic mass is 9.96. The third kappa shape index (κ3) is 4.28. The number of nitrogens with zero attached hydrogens (tertiary/aromatic N) is 2. The summed E-state index contributed by atoms with van der Waals surface area (Å²) in [6.07, 6.45) is 4.28. The van der Waals surface area contributed by atoms with Crippen LogP contribution in [-0.2, 0) is 24.2 Å². The minimum absolute atomic E-state index is 0.0651. The predicted molar refractivity (Wildman–Crippen MR) is 102 cm³/mol. The lowest BCUT2D eigenvalue weighted by molar-refractivity contribution is -0.117. The number of nitrogens with one attached hydrogen (secondary N) is 1. The molecule has 5 heteroatoms. The van der Waals surface area contributed by atoms with E-state index in [9.17, 15) is 10.1 Å². The highest BCUT2D eigenvalue weighted by Gasteiger charge is 2.22. The number of anilines is 1. The van der Waals surface area contributed by atoms with Gasteiger partial charge in [-0.25, -0.2) is 0 Å². The van der Waals surface area contributed by atoms with E-state index in [1.54, 1.807) is 11.3 Å². The van der Waals surface area contributed by atoms with Gasteiger partial charge in [-0.1, -0.05) is 29.8 Å². The number of thiophene rings is 1. The number of amides is 1. The molecule has 0 radical (unpaired) electrons. The van der Waals surface area contributed by atoms with Crippen LogP contribution in [0.15, 0.2) is 24.3 Å². The molecule has 0 aliphatic heterocycles. The lowest BCUT2D eigenvalue weighted by Crippen LogP contribution is -2.29. The maximum absolute atomic E-state index is 12.4. The topological polar surface area (TPSA) is 56.1 Å². The van der Waals surface area contributed by atoms with Crippen LogP contribution in [0.2, 0.25) is 0 Å². The SMILES string of the molecule is Cc1ccc(CN(C)CC(=O)Nc2sc3c(c2C#N)CCCC3)cc1. The molecule has 1 aliphatic rings. The van der Waals surface area contributed by atoms with E-state index in [0.29, 0.717) is 12.1 Å². The maximum Gasteiger partial charge on any atom is 0.239 e. The highest BCUT2D eigenvalue weighted by Crippen LogP contribution is 2.37. The molecular weight excluding hydrogens is 330 g/mol. The molecule has 4 nitrogen and oxygen atoms in total. The third-order valence-corrected chi connectivity index (χ3v) is 5.73. The van der Waals surface area contributed by atoms with Crippen molar-refractivity contribution in [2.24, 2.45) is 0 Å². The standard InChI is InChI=1S/C20H23N3OS/c1-14-7-9-15(10-8-14)12-23(2)13-19(24)22-20-17(11-21)16-5-3-4-6-18(16)25-20/h7-10H,3-6,12-13H2,1-2H3,(H,22,24). The molecule has 0 spiro atoms. The van der Waals surface area contributed by atoms with Crippen LogP contribution in [0.4, 0.5) is 5.00 Å². The Hall–Kier alpha value is -2.16. The number of hydrogen-bond acceptors (Lipinski definition) is 4. The van der Waals surface area contributed by atoms with Crippen LogP contribution in [0.5, 0.6) is 0 Å². The van der Waals surface area contributed by atoms with Crippen LogP contribution in [0, 0.1) is 18.3 Å². The van der Waals surface area contributed by atoms with Crippen molar-refractivity contribution >= 4 is 22.2 Å². The summed E-state index contributed by atoms with van der Waals surface area (Å²) in [5.74, 6) is -0.0651. The smallest absolute Gasteiger partial charge is 0.239 e. The first-order valence-corrected chi connectivity index (χ1v) is 9.47. The van der Waals surface area contributed by atoms with E-state index < -0.39 is 0 Å².